The molecule has 0 saturated carbocycles. The largest absolute Gasteiger partial charge is 0.461 e. The zero-order valence-corrected chi connectivity index (χ0v) is 6.15. The van der Waals surface area contributed by atoms with Crippen molar-refractivity contribution >= 4 is 0 Å². The third-order valence-electron chi connectivity index (χ3n) is 1.15. The molecule has 0 aromatic heterocycles. The maximum absolute atomic E-state index is 10.9. The standard InChI is InChI=1S/C8H9O3/c1-6(9)11-8-5-3-2-4-7(8)10/h2-6,9H,1H3. The van der Waals surface area contributed by atoms with Crippen LogP contribution in [-0.2, 0) is 5.11 Å². The van der Waals surface area contributed by atoms with E-state index in [9.17, 15) is 5.11 Å². The summed E-state index contributed by atoms with van der Waals surface area (Å²) >= 11 is 0. The number of hydrogen-bond donors (Lipinski definition) is 1. The molecular weight excluding hydrogens is 144 g/mol. The van der Waals surface area contributed by atoms with Gasteiger partial charge < -0.3 is 9.84 Å². The van der Waals surface area contributed by atoms with Crippen LogP contribution in [0.15, 0.2) is 24.3 Å². The Kier molecular flexibility index (Phi) is 2.33. The van der Waals surface area contributed by atoms with Gasteiger partial charge >= 0.3 is 0 Å². The minimum atomic E-state index is -0.940. The average molecular weight is 153 g/mol. The van der Waals surface area contributed by atoms with Crippen molar-refractivity contribution in [3.05, 3.63) is 24.3 Å². The molecule has 1 aromatic carbocycles. The van der Waals surface area contributed by atoms with E-state index in [-0.39, 0.29) is 11.5 Å². The Morgan fingerprint density at radius 3 is 2.64 bits per heavy atom. The second-order valence-electron chi connectivity index (χ2n) is 2.16. The van der Waals surface area contributed by atoms with E-state index in [1.54, 1.807) is 12.1 Å². The van der Waals surface area contributed by atoms with Crippen LogP contribution in [0.2, 0.25) is 0 Å². The molecule has 0 spiro atoms. The third-order valence-corrected chi connectivity index (χ3v) is 1.15. The lowest BCUT2D eigenvalue weighted by molar-refractivity contribution is -0.00294. The van der Waals surface area contributed by atoms with Gasteiger partial charge in [-0.3, -0.25) is 5.11 Å². The van der Waals surface area contributed by atoms with Gasteiger partial charge in [0.1, 0.15) is 0 Å². The Labute approximate surface area is 64.9 Å². The van der Waals surface area contributed by atoms with Crippen LogP contribution in [0.25, 0.3) is 0 Å². The van der Waals surface area contributed by atoms with E-state index < -0.39 is 6.29 Å². The van der Waals surface area contributed by atoms with Crippen LogP contribution < -0.4 is 4.74 Å². The van der Waals surface area contributed by atoms with E-state index >= 15 is 0 Å². The van der Waals surface area contributed by atoms with Crippen LogP contribution in [-0.4, -0.2) is 11.4 Å². The van der Waals surface area contributed by atoms with E-state index in [2.05, 4.69) is 0 Å². The highest BCUT2D eigenvalue weighted by atomic mass is 16.6. The fraction of sp³-hybridized carbons (Fsp3) is 0.250. The van der Waals surface area contributed by atoms with Crippen LogP contribution in [0.5, 0.6) is 11.5 Å². The number of hydrogen-bond acceptors (Lipinski definition) is 2. The molecule has 1 radical (unpaired) electrons. The molecule has 3 heteroatoms. The Morgan fingerprint density at radius 2 is 2.09 bits per heavy atom. The first-order valence-corrected chi connectivity index (χ1v) is 3.31. The summed E-state index contributed by atoms with van der Waals surface area (Å²) in [7, 11) is 0. The van der Waals surface area contributed by atoms with Crippen molar-refractivity contribution in [1.29, 1.82) is 0 Å². The molecule has 0 heterocycles. The van der Waals surface area contributed by atoms with Crippen molar-refractivity contribution in [2.75, 3.05) is 0 Å². The summed E-state index contributed by atoms with van der Waals surface area (Å²) in [6.07, 6.45) is -0.940. The van der Waals surface area contributed by atoms with Crippen molar-refractivity contribution in [1.82, 2.24) is 0 Å². The summed E-state index contributed by atoms with van der Waals surface area (Å²) in [6, 6.07) is 6.21. The Morgan fingerprint density at radius 1 is 1.45 bits per heavy atom. The molecule has 1 unspecified atom stereocenters. The summed E-state index contributed by atoms with van der Waals surface area (Å²) in [6.45, 7) is 1.45. The predicted octanol–water partition coefficient (Wildman–Crippen LogP) is 1.55. The Hall–Kier alpha value is -1.22. The Balaban J connectivity index is 2.78. The van der Waals surface area contributed by atoms with Crippen LogP contribution in [0.4, 0.5) is 0 Å². The van der Waals surface area contributed by atoms with Gasteiger partial charge in [0.2, 0.25) is 5.75 Å². The highest BCUT2D eigenvalue weighted by Gasteiger charge is 2.04. The quantitative estimate of drug-likeness (QED) is 0.655. The minimum absolute atomic E-state index is 0.183. The minimum Gasteiger partial charge on any atom is -0.461 e. The first kappa shape index (κ1) is 7.88. The number of aliphatic hydroxyl groups excluding tert-OH is 1. The van der Waals surface area contributed by atoms with Gasteiger partial charge in [-0.15, -0.1) is 0 Å². The molecule has 0 aliphatic carbocycles. The fourth-order valence-electron chi connectivity index (χ4n) is 0.731. The normalized spacial score (nSPS) is 12.5. The zero-order chi connectivity index (χ0) is 8.27. The maximum atomic E-state index is 10.9. The molecule has 3 nitrogen and oxygen atoms in total. The lowest BCUT2D eigenvalue weighted by Crippen LogP contribution is -2.09. The number of ether oxygens (including phenoxy) is 1. The lowest BCUT2D eigenvalue weighted by atomic mass is 10.3. The number of benzene rings is 1. The van der Waals surface area contributed by atoms with Gasteiger partial charge in [0.25, 0.3) is 0 Å². The molecule has 0 fully saturated rings. The van der Waals surface area contributed by atoms with E-state index in [0.717, 1.165) is 0 Å². The van der Waals surface area contributed by atoms with Crippen LogP contribution in [0, 0.1) is 0 Å². The second-order valence-corrected chi connectivity index (χ2v) is 2.16. The van der Waals surface area contributed by atoms with Crippen molar-refractivity contribution in [3.63, 3.8) is 0 Å². The molecule has 11 heavy (non-hydrogen) atoms. The molecule has 59 valence electrons. The van der Waals surface area contributed by atoms with Gasteiger partial charge in [0.15, 0.2) is 12.0 Å². The van der Waals surface area contributed by atoms with Crippen LogP contribution in [0.3, 0.4) is 0 Å². The monoisotopic (exact) mass is 153 g/mol. The van der Waals surface area contributed by atoms with Crippen molar-refractivity contribution in [3.8, 4) is 11.5 Å². The molecule has 0 saturated heterocycles. The van der Waals surface area contributed by atoms with Gasteiger partial charge in [-0.05, 0) is 19.1 Å². The van der Waals surface area contributed by atoms with E-state index in [0.29, 0.717) is 0 Å². The highest BCUT2D eigenvalue weighted by molar-refractivity contribution is 5.37. The Bertz CT molecular complexity index is 233. The number of para-hydroxylation sites is 2. The SMILES string of the molecule is CC(O)Oc1ccccc1[O]. The molecule has 0 aliphatic rings. The molecule has 0 bridgehead atoms. The van der Waals surface area contributed by atoms with Gasteiger partial charge in [-0.25, -0.2) is 0 Å². The summed E-state index contributed by atoms with van der Waals surface area (Å²) in [4.78, 5) is 0. The van der Waals surface area contributed by atoms with Crippen molar-refractivity contribution < 1.29 is 14.9 Å². The second kappa shape index (κ2) is 3.25. The van der Waals surface area contributed by atoms with Crippen molar-refractivity contribution in [2.24, 2.45) is 0 Å². The smallest absolute Gasteiger partial charge is 0.220 e. The maximum Gasteiger partial charge on any atom is 0.220 e. The highest BCUT2D eigenvalue weighted by Crippen LogP contribution is 2.25. The summed E-state index contributed by atoms with van der Waals surface area (Å²) in [5.74, 6) is -0.0316. The zero-order valence-electron chi connectivity index (χ0n) is 6.15. The molecule has 1 rings (SSSR count). The lowest BCUT2D eigenvalue weighted by Gasteiger charge is -2.07. The van der Waals surface area contributed by atoms with Gasteiger partial charge in [0.05, 0.1) is 0 Å². The summed E-state index contributed by atoms with van der Waals surface area (Å²) < 4.78 is 4.79. The molecule has 1 aromatic rings. The number of aliphatic hydroxyl groups is 1. The predicted molar refractivity (Wildman–Crippen MR) is 38.9 cm³/mol. The number of rotatable bonds is 2. The molecule has 1 N–H and O–H groups in total. The van der Waals surface area contributed by atoms with Crippen molar-refractivity contribution in [2.45, 2.75) is 13.2 Å². The summed E-state index contributed by atoms with van der Waals surface area (Å²) in [5, 5.41) is 19.7. The van der Waals surface area contributed by atoms with Crippen LogP contribution in [0.1, 0.15) is 6.92 Å². The molecule has 0 amide bonds. The van der Waals surface area contributed by atoms with Gasteiger partial charge in [0, 0.05) is 0 Å². The van der Waals surface area contributed by atoms with Crippen LogP contribution >= 0.6 is 0 Å². The van der Waals surface area contributed by atoms with E-state index in [4.69, 9.17) is 9.84 Å². The first-order valence-electron chi connectivity index (χ1n) is 3.31. The van der Waals surface area contributed by atoms with E-state index in [1.165, 1.54) is 19.1 Å². The topological polar surface area (TPSA) is 49.4 Å². The molecular formula is C8H9O3. The van der Waals surface area contributed by atoms with Gasteiger partial charge in [-0.2, -0.15) is 0 Å². The average Bonchev–Trinajstić information content (AvgIpc) is 1.93. The van der Waals surface area contributed by atoms with E-state index in [1.807, 2.05) is 0 Å². The summed E-state index contributed by atoms with van der Waals surface area (Å²) in [5.41, 5.74) is 0. The van der Waals surface area contributed by atoms with Gasteiger partial charge in [-0.1, -0.05) is 12.1 Å². The molecule has 0 aliphatic heterocycles. The third kappa shape index (κ3) is 2.13. The fourth-order valence-corrected chi connectivity index (χ4v) is 0.731. The molecule has 1 atom stereocenters. The first-order chi connectivity index (χ1) is 5.20.